The van der Waals surface area contributed by atoms with Crippen LogP contribution in [0.25, 0.3) is 10.9 Å². The fourth-order valence-corrected chi connectivity index (χ4v) is 2.10. The molecule has 2 aromatic heterocycles. The normalized spacial score (nSPS) is 10.7. The van der Waals surface area contributed by atoms with E-state index < -0.39 is 0 Å². The number of amidine groups is 1. The Kier molecular flexibility index (Phi) is 2.68. The molecule has 0 spiro atoms. The molecule has 0 bridgehead atoms. The molecule has 0 fully saturated rings. The van der Waals surface area contributed by atoms with Gasteiger partial charge in [-0.3, -0.25) is 10.5 Å². The number of nitrogens with zero attached hydrogens (tertiary/aromatic N) is 3. The van der Waals surface area contributed by atoms with Crippen molar-refractivity contribution >= 4 is 16.7 Å². The summed E-state index contributed by atoms with van der Waals surface area (Å²) >= 11 is 0. The molecule has 2 heterocycles. The third-order valence-electron chi connectivity index (χ3n) is 2.95. The molecule has 19 heavy (non-hydrogen) atoms. The average molecular weight is 252 g/mol. The van der Waals surface area contributed by atoms with Crippen LogP contribution in [0.15, 0.2) is 36.9 Å². The third kappa shape index (κ3) is 2.03. The van der Waals surface area contributed by atoms with Gasteiger partial charge in [-0.1, -0.05) is 18.2 Å². The standard InChI is InChI=1S/C13H12N6/c14-13(15)12-10-3-1-2-9(11(10)18-19-12)4-8-5-16-7-17-6-8/h1-3,5-7H,4H2,(H3,14,15)(H,18,19). The minimum Gasteiger partial charge on any atom is -0.382 e. The molecule has 0 radical (unpaired) electrons. The van der Waals surface area contributed by atoms with E-state index in [1.807, 2.05) is 18.2 Å². The van der Waals surface area contributed by atoms with E-state index in [-0.39, 0.29) is 5.84 Å². The SMILES string of the molecule is N=C(N)c1n[nH]c2c(Cc3cncnc3)cccc12. The van der Waals surface area contributed by atoms with Crippen molar-refractivity contribution in [2.24, 2.45) is 5.73 Å². The Morgan fingerprint density at radius 3 is 2.79 bits per heavy atom. The van der Waals surface area contributed by atoms with Gasteiger partial charge in [0.05, 0.1) is 5.52 Å². The highest BCUT2D eigenvalue weighted by Gasteiger charge is 2.11. The van der Waals surface area contributed by atoms with Gasteiger partial charge in [-0.25, -0.2) is 9.97 Å². The zero-order valence-corrected chi connectivity index (χ0v) is 10.1. The lowest BCUT2D eigenvalue weighted by Gasteiger charge is -2.02. The van der Waals surface area contributed by atoms with Crippen LogP contribution in [0.2, 0.25) is 0 Å². The van der Waals surface area contributed by atoms with Gasteiger partial charge >= 0.3 is 0 Å². The van der Waals surface area contributed by atoms with E-state index in [0.29, 0.717) is 12.1 Å². The van der Waals surface area contributed by atoms with Crippen molar-refractivity contribution in [2.75, 3.05) is 0 Å². The van der Waals surface area contributed by atoms with Crippen LogP contribution in [0.4, 0.5) is 0 Å². The van der Waals surface area contributed by atoms with Gasteiger partial charge in [0, 0.05) is 24.2 Å². The molecule has 4 N–H and O–H groups in total. The first-order chi connectivity index (χ1) is 9.25. The third-order valence-corrected chi connectivity index (χ3v) is 2.95. The summed E-state index contributed by atoms with van der Waals surface area (Å²) in [5.41, 5.74) is 8.99. The summed E-state index contributed by atoms with van der Waals surface area (Å²) in [4.78, 5) is 8.01. The molecule has 0 saturated carbocycles. The number of rotatable bonds is 3. The molecule has 0 saturated heterocycles. The first kappa shape index (κ1) is 11.3. The minimum absolute atomic E-state index is 0.0357. The van der Waals surface area contributed by atoms with Crippen LogP contribution in [0.3, 0.4) is 0 Å². The summed E-state index contributed by atoms with van der Waals surface area (Å²) in [5, 5.41) is 15.4. The summed E-state index contributed by atoms with van der Waals surface area (Å²) in [5.74, 6) is -0.0357. The van der Waals surface area contributed by atoms with E-state index in [1.165, 1.54) is 6.33 Å². The van der Waals surface area contributed by atoms with Crippen molar-refractivity contribution in [1.29, 1.82) is 5.41 Å². The van der Waals surface area contributed by atoms with Gasteiger partial charge in [-0.05, 0) is 11.1 Å². The predicted molar refractivity (Wildman–Crippen MR) is 71.9 cm³/mol. The molecule has 3 aromatic rings. The van der Waals surface area contributed by atoms with Crippen LogP contribution in [0.1, 0.15) is 16.8 Å². The lowest BCUT2D eigenvalue weighted by Crippen LogP contribution is -2.11. The van der Waals surface area contributed by atoms with Crippen molar-refractivity contribution in [1.82, 2.24) is 20.2 Å². The van der Waals surface area contributed by atoms with E-state index in [9.17, 15) is 0 Å². The van der Waals surface area contributed by atoms with Crippen LogP contribution >= 0.6 is 0 Å². The highest BCUT2D eigenvalue weighted by Crippen LogP contribution is 2.21. The summed E-state index contributed by atoms with van der Waals surface area (Å²) in [6.45, 7) is 0. The summed E-state index contributed by atoms with van der Waals surface area (Å²) in [7, 11) is 0. The van der Waals surface area contributed by atoms with Crippen LogP contribution in [-0.4, -0.2) is 26.0 Å². The fraction of sp³-hybridized carbons (Fsp3) is 0.0769. The highest BCUT2D eigenvalue weighted by atomic mass is 15.1. The molecule has 0 unspecified atom stereocenters. The number of para-hydroxylation sites is 1. The number of nitrogens with two attached hydrogens (primary N) is 1. The number of benzene rings is 1. The fourth-order valence-electron chi connectivity index (χ4n) is 2.10. The molecular formula is C13H12N6. The number of aromatic nitrogens is 4. The van der Waals surface area contributed by atoms with E-state index in [2.05, 4.69) is 20.2 Å². The van der Waals surface area contributed by atoms with Crippen molar-refractivity contribution in [2.45, 2.75) is 6.42 Å². The van der Waals surface area contributed by atoms with Crippen LogP contribution < -0.4 is 5.73 Å². The molecule has 0 amide bonds. The van der Waals surface area contributed by atoms with Gasteiger partial charge in [0.1, 0.15) is 17.9 Å². The van der Waals surface area contributed by atoms with Crippen molar-refractivity contribution < 1.29 is 0 Å². The smallest absolute Gasteiger partial charge is 0.144 e. The highest BCUT2D eigenvalue weighted by molar-refractivity contribution is 6.05. The van der Waals surface area contributed by atoms with Crippen LogP contribution in [-0.2, 0) is 6.42 Å². The Labute approximate surface area is 109 Å². The lowest BCUT2D eigenvalue weighted by molar-refractivity contribution is 1.06. The maximum absolute atomic E-state index is 7.50. The Morgan fingerprint density at radius 1 is 1.26 bits per heavy atom. The van der Waals surface area contributed by atoms with Gasteiger partial charge in [0.15, 0.2) is 0 Å². The second kappa shape index (κ2) is 4.49. The van der Waals surface area contributed by atoms with Crippen molar-refractivity contribution in [3.05, 3.63) is 53.7 Å². The number of aromatic amines is 1. The quantitative estimate of drug-likeness (QED) is 0.481. The van der Waals surface area contributed by atoms with Gasteiger partial charge in [0.25, 0.3) is 0 Å². The molecule has 1 aromatic carbocycles. The van der Waals surface area contributed by atoms with Gasteiger partial charge < -0.3 is 5.73 Å². The Balaban J connectivity index is 2.07. The van der Waals surface area contributed by atoms with E-state index >= 15 is 0 Å². The van der Waals surface area contributed by atoms with E-state index in [1.54, 1.807) is 12.4 Å². The molecule has 0 aliphatic heterocycles. The molecule has 6 nitrogen and oxygen atoms in total. The van der Waals surface area contributed by atoms with Gasteiger partial charge in [0.2, 0.25) is 0 Å². The first-order valence-corrected chi connectivity index (χ1v) is 5.80. The van der Waals surface area contributed by atoms with E-state index in [0.717, 1.165) is 22.0 Å². The van der Waals surface area contributed by atoms with E-state index in [4.69, 9.17) is 11.1 Å². The largest absolute Gasteiger partial charge is 0.382 e. The Hall–Kier alpha value is -2.76. The number of hydrogen-bond donors (Lipinski definition) is 3. The second-order valence-electron chi connectivity index (χ2n) is 4.25. The number of fused-ring (bicyclic) bond motifs is 1. The summed E-state index contributed by atoms with van der Waals surface area (Å²) in [6, 6.07) is 5.85. The molecule has 0 aliphatic carbocycles. The number of nitrogens with one attached hydrogen (secondary N) is 2. The molecule has 0 atom stereocenters. The van der Waals surface area contributed by atoms with Crippen LogP contribution in [0.5, 0.6) is 0 Å². The zero-order chi connectivity index (χ0) is 13.2. The van der Waals surface area contributed by atoms with Gasteiger partial charge in [-0.15, -0.1) is 0 Å². The molecule has 3 rings (SSSR count). The second-order valence-corrected chi connectivity index (χ2v) is 4.25. The molecular weight excluding hydrogens is 240 g/mol. The minimum atomic E-state index is -0.0357. The first-order valence-electron chi connectivity index (χ1n) is 5.80. The maximum Gasteiger partial charge on any atom is 0.144 e. The number of H-pyrrole nitrogens is 1. The van der Waals surface area contributed by atoms with Crippen molar-refractivity contribution in [3.63, 3.8) is 0 Å². The average Bonchev–Trinajstić information content (AvgIpc) is 2.85. The number of hydrogen-bond acceptors (Lipinski definition) is 4. The summed E-state index contributed by atoms with van der Waals surface area (Å²) in [6.07, 6.45) is 5.79. The Bertz CT molecular complexity index is 731. The zero-order valence-electron chi connectivity index (χ0n) is 10.1. The lowest BCUT2D eigenvalue weighted by atomic mass is 10.0. The molecule has 6 heteroatoms. The number of nitrogen functional groups attached to an aromatic ring is 1. The molecule has 0 aliphatic rings. The predicted octanol–water partition coefficient (Wildman–Crippen LogP) is 1.23. The molecule has 94 valence electrons. The summed E-state index contributed by atoms with van der Waals surface area (Å²) < 4.78 is 0. The topological polar surface area (TPSA) is 104 Å². The van der Waals surface area contributed by atoms with Crippen LogP contribution in [0, 0.1) is 5.41 Å². The monoisotopic (exact) mass is 252 g/mol. The maximum atomic E-state index is 7.50. The Morgan fingerprint density at radius 2 is 2.05 bits per heavy atom. The van der Waals surface area contributed by atoms with Crippen molar-refractivity contribution in [3.8, 4) is 0 Å². The van der Waals surface area contributed by atoms with Gasteiger partial charge in [-0.2, -0.15) is 5.10 Å².